The highest BCUT2D eigenvalue weighted by Crippen LogP contribution is 2.35. The Morgan fingerprint density at radius 2 is 1.48 bits per heavy atom. The molecule has 4 aromatic rings. The molecule has 50 heavy (non-hydrogen) atoms. The third-order valence-electron chi connectivity index (χ3n) is 6.93. The summed E-state index contributed by atoms with van der Waals surface area (Å²) in [6, 6.07) is 15.2. The number of ether oxygens (including phenoxy) is 1. The van der Waals surface area contributed by atoms with E-state index in [4.69, 9.17) is 9.29 Å². The minimum absolute atomic E-state index is 0.0384. The summed E-state index contributed by atoms with van der Waals surface area (Å²) in [6.45, 7) is 10.5. The molecule has 2 amide bonds. The van der Waals surface area contributed by atoms with Gasteiger partial charge in [-0.15, -0.1) is 11.8 Å². The number of carbonyl (C=O) groups is 2. The second kappa shape index (κ2) is 18.2. The van der Waals surface area contributed by atoms with Crippen LogP contribution in [-0.2, 0) is 25.0 Å². The maximum absolute atomic E-state index is 12.6. The van der Waals surface area contributed by atoms with Crippen LogP contribution in [0.1, 0.15) is 67.1 Å². The molecule has 0 bridgehead atoms. The Morgan fingerprint density at radius 3 is 2.02 bits per heavy atom. The molecule has 0 fully saturated rings. The molecule has 0 unspecified atom stereocenters. The average Bonchev–Trinajstić information content (AvgIpc) is 3.03. The monoisotopic (exact) mass is 726 g/mol. The normalized spacial score (nSPS) is 10.7. The highest BCUT2D eigenvalue weighted by Gasteiger charge is 2.19. The summed E-state index contributed by atoms with van der Waals surface area (Å²) < 4.78 is 67.8. The molecule has 0 radical (unpaired) electrons. The van der Waals surface area contributed by atoms with Gasteiger partial charge in [-0.2, -0.15) is 16.8 Å². The van der Waals surface area contributed by atoms with E-state index in [0.29, 0.717) is 27.7 Å². The molecule has 4 aromatic carbocycles. The smallest absolute Gasteiger partial charge is 0.298 e. The summed E-state index contributed by atoms with van der Waals surface area (Å²) in [4.78, 5) is 23.2. The van der Waals surface area contributed by atoms with E-state index in [-0.39, 0.29) is 27.9 Å². The van der Waals surface area contributed by atoms with Crippen LogP contribution in [0.2, 0.25) is 0 Å². The molecular formula is C36H42N2O10S2. The second-order valence-electron chi connectivity index (χ2n) is 11.0. The molecule has 268 valence electrons. The summed E-state index contributed by atoms with van der Waals surface area (Å²) in [5, 5.41) is 16.4. The molecule has 0 atom stereocenters. The quantitative estimate of drug-likeness (QED) is 0.0970. The molecular weight excluding hydrogens is 685 g/mol. The zero-order valence-corrected chi connectivity index (χ0v) is 30.5. The number of aryl methyl sites for hydroxylation is 2. The number of aromatic hydroxyl groups is 1. The van der Waals surface area contributed by atoms with Crippen molar-refractivity contribution >= 4 is 54.2 Å². The van der Waals surface area contributed by atoms with Crippen LogP contribution in [0.4, 0.5) is 11.4 Å². The Balaban J connectivity index is 0.000000355. The lowest BCUT2D eigenvalue weighted by Crippen LogP contribution is -2.13. The van der Waals surface area contributed by atoms with Crippen molar-refractivity contribution in [1.82, 2.24) is 0 Å². The van der Waals surface area contributed by atoms with Crippen molar-refractivity contribution < 1.29 is 45.4 Å². The summed E-state index contributed by atoms with van der Waals surface area (Å²) in [5.41, 5.74) is 2.85. The number of fused-ring (bicyclic) bond motifs is 1. The van der Waals surface area contributed by atoms with Crippen LogP contribution in [0.3, 0.4) is 0 Å². The molecule has 0 heterocycles. The van der Waals surface area contributed by atoms with Crippen LogP contribution in [0, 0.1) is 32.6 Å². The number of carbonyl (C=O) groups excluding carboxylic acids is 2. The van der Waals surface area contributed by atoms with Gasteiger partial charge in [-0.05, 0) is 98.3 Å². The number of phenols is 1. The number of nitrogens with one attached hydrogen (secondary N) is 2. The number of methoxy groups -OCH3 is 1. The third-order valence-corrected chi connectivity index (χ3v) is 8.78. The summed E-state index contributed by atoms with van der Waals surface area (Å²) in [6.07, 6.45) is 3.25. The van der Waals surface area contributed by atoms with Crippen molar-refractivity contribution in [3.8, 4) is 23.3 Å². The number of amides is 2. The van der Waals surface area contributed by atoms with Gasteiger partial charge < -0.3 is 20.5 Å². The molecule has 12 nitrogen and oxygen atoms in total. The van der Waals surface area contributed by atoms with Crippen LogP contribution >= 0.6 is 0 Å². The molecule has 4 rings (SSSR count). The standard InChI is InChI=1S/C21H20N2O6S.C8H10O4S.C7H12/c1-11-8-14(4-7-18(11)22-13(3)24)21(26)23-16-5-6-17-15(9-16)10-19(30(27,28)29)12(2)20(17)25;1-6-3-4-7(12-2)8(5-6)13(9,10)11;1-3-5-7-6-4-2/h4-10,25H,1-3H3,(H,22,24)(H,23,26)(H,27,28,29);3-5H,1-2H3,(H,9,10,11);3-5H2,1-2H3. The van der Waals surface area contributed by atoms with E-state index in [1.54, 1.807) is 50.2 Å². The predicted octanol–water partition coefficient (Wildman–Crippen LogP) is 7.07. The molecule has 0 aliphatic rings. The number of phenolic OH excluding ortho intramolecular Hbond substituents is 1. The van der Waals surface area contributed by atoms with Crippen molar-refractivity contribution in [3.63, 3.8) is 0 Å². The van der Waals surface area contributed by atoms with Crippen LogP contribution in [0.5, 0.6) is 11.5 Å². The van der Waals surface area contributed by atoms with Crippen LogP contribution in [0.25, 0.3) is 10.8 Å². The van der Waals surface area contributed by atoms with Crippen molar-refractivity contribution in [2.75, 3.05) is 17.7 Å². The van der Waals surface area contributed by atoms with Crippen molar-refractivity contribution in [3.05, 3.63) is 82.9 Å². The van der Waals surface area contributed by atoms with Gasteiger partial charge in [-0.25, -0.2) is 0 Å². The minimum atomic E-state index is -4.52. The van der Waals surface area contributed by atoms with Gasteiger partial charge in [0, 0.05) is 47.7 Å². The highest BCUT2D eigenvalue weighted by molar-refractivity contribution is 7.86. The van der Waals surface area contributed by atoms with Gasteiger partial charge in [-0.1, -0.05) is 19.9 Å². The first-order valence-electron chi connectivity index (χ1n) is 15.3. The molecule has 0 spiro atoms. The maximum Gasteiger partial charge on any atom is 0.298 e. The molecule has 0 aliphatic carbocycles. The number of rotatable bonds is 7. The second-order valence-corrected chi connectivity index (χ2v) is 13.8. The van der Waals surface area contributed by atoms with E-state index in [1.165, 1.54) is 51.6 Å². The fourth-order valence-corrected chi connectivity index (χ4v) is 5.97. The van der Waals surface area contributed by atoms with Gasteiger partial charge in [0.25, 0.3) is 26.1 Å². The van der Waals surface area contributed by atoms with Gasteiger partial charge in [0.05, 0.1) is 7.11 Å². The lowest BCUT2D eigenvalue weighted by molar-refractivity contribution is -0.114. The first kappa shape index (κ1) is 41.2. The van der Waals surface area contributed by atoms with Gasteiger partial charge in [0.2, 0.25) is 5.91 Å². The van der Waals surface area contributed by atoms with E-state index in [2.05, 4.69) is 36.3 Å². The summed E-state index contributed by atoms with van der Waals surface area (Å²) in [7, 11) is -7.37. The fourth-order valence-electron chi connectivity index (χ4n) is 4.47. The first-order valence-corrected chi connectivity index (χ1v) is 18.2. The SMILES string of the molecule is CC(=O)Nc1ccc(C(=O)Nc2ccc3c(O)c(C)c(S(=O)(=O)O)cc3c2)cc1C.CCC#CCCC.COc1ccc(C)cc1S(=O)(=O)O. The van der Waals surface area contributed by atoms with E-state index in [0.717, 1.165) is 24.0 Å². The molecule has 14 heteroatoms. The number of anilines is 2. The van der Waals surface area contributed by atoms with Gasteiger partial charge in [0.1, 0.15) is 21.3 Å². The molecule has 0 aromatic heterocycles. The van der Waals surface area contributed by atoms with E-state index < -0.39 is 31.0 Å². The number of hydrogen-bond donors (Lipinski definition) is 5. The topological polar surface area (TPSA) is 196 Å². The first-order chi connectivity index (χ1) is 23.3. The van der Waals surface area contributed by atoms with Crippen LogP contribution < -0.4 is 15.4 Å². The minimum Gasteiger partial charge on any atom is -0.507 e. The summed E-state index contributed by atoms with van der Waals surface area (Å²) >= 11 is 0. The van der Waals surface area contributed by atoms with E-state index >= 15 is 0 Å². The summed E-state index contributed by atoms with van der Waals surface area (Å²) in [5.74, 6) is 5.30. The Morgan fingerprint density at radius 1 is 0.820 bits per heavy atom. The average molecular weight is 727 g/mol. The fraction of sp³-hybridized carbons (Fsp3) is 0.278. The zero-order valence-electron chi connectivity index (χ0n) is 28.9. The Kier molecular flexibility index (Phi) is 15.0. The van der Waals surface area contributed by atoms with Crippen molar-refractivity contribution in [1.29, 1.82) is 0 Å². The lowest BCUT2D eigenvalue weighted by Gasteiger charge is -2.12. The van der Waals surface area contributed by atoms with E-state index in [9.17, 15) is 36.1 Å². The largest absolute Gasteiger partial charge is 0.507 e. The number of unbranched alkanes of at least 4 members (excludes halogenated alkanes) is 1. The van der Waals surface area contributed by atoms with Crippen molar-refractivity contribution in [2.45, 2.75) is 70.6 Å². The van der Waals surface area contributed by atoms with Gasteiger partial charge in [-0.3, -0.25) is 18.7 Å². The van der Waals surface area contributed by atoms with Gasteiger partial charge >= 0.3 is 0 Å². The predicted molar refractivity (Wildman–Crippen MR) is 194 cm³/mol. The van der Waals surface area contributed by atoms with E-state index in [1.807, 2.05) is 0 Å². The number of hydrogen-bond acceptors (Lipinski definition) is 8. The van der Waals surface area contributed by atoms with Crippen LogP contribution in [-0.4, -0.2) is 50.0 Å². The highest BCUT2D eigenvalue weighted by atomic mass is 32.2. The van der Waals surface area contributed by atoms with Gasteiger partial charge in [0.15, 0.2) is 0 Å². The van der Waals surface area contributed by atoms with Crippen LogP contribution in [0.15, 0.2) is 70.5 Å². The Bertz CT molecular complexity index is 2150. The Labute approximate surface area is 293 Å². The van der Waals surface area contributed by atoms with Crippen molar-refractivity contribution in [2.24, 2.45) is 0 Å². The molecule has 5 N–H and O–H groups in total. The molecule has 0 saturated carbocycles. The molecule has 0 saturated heterocycles. The third kappa shape index (κ3) is 11.9. The molecule has 0 aliphatic heterocycles. The Hall–Kier alpha value is -4.94. The maximum atomic E-state index is 12.6. The number of benzene rings is 4. The zero-order chi connectivity index (χ0) is 37.8. The lowest BCUT2D eigenvalue weighted by atomic mass is 10.0.